The maximum atomic E-state index is 11.9. The molecule has 0 bridgehead atoms. The van der Waals surface area contributed by atoms with Gasteiger partial charge in [-0.15, -0.1) is 0 Å². The second-order valence-electron chi connectivity index (χ2n) is 5.39. The molecule has 1 aliphatic heterocycles. The molecule has 1 aliphatic rings. The first-order chi connectivity index (χ1) is 8.25. The van der Waals surface area contributed by atoms with Gasteiger partial charge in [-0.25, -0.2) is 4.79 Å². The monoisotopic (exact) mass is 258 g/mol. The molecule has 6 nitrogen and oxygen atoms in total. The molecule has 0 radical (unpaired) electrons. The van der Waals surface area contributed by atoms with Gasteiger partial charge >= 0.3 is 12.0 Å². The number of aliphatic carboxylic acids is 1. The van der Waals surface area contributed by atoms with E-state index in [0.717, 1.165) is 6.42 Å². The lowest BCUT2D eigenvalue weighted by atomic mass is 9.94. The average molecular weight is 258 g/mol. The Hall–Kier alpha value is -1.30. The summed E-state index contributed by atoms with van der Waals surface area (Å²) in [6, 6.07) is -0.204. The predicted molar refractivity (Wildman–Crippen MR) is 66.4 cm³/mol. The number of carboxylic acids is 1. The molecule has 1 fully saturated rings. The van der Waals surface area contributed by atoms with Gasteiger partial charge in [0.15, 0.2) is 0 Å². The normalized spacial score (nSPS) is 23.8. The Morgan fingerprint density at radius 2 is 2.11 bits per heavy atom. The van der Waals surface area contributed by atoms with Gasteiger partial charge in [0.2, 0.25) is 0 Å². The Labute approximate surface area is 107 Å². The highest BCUT2D eigenvalue weighted by molar-refractivity contribution is 5.77. The number of hydrogen-bond acceptors (Lipinski definition) is 3. The Morgan fingerprint density at radius 1 is 1.50 bits per heavy atom. The van der Waals surface area contributed by atoms with Gasteiger partial charge < -0.3 is 20.1 Å². The summed E-state index contributed by atoms with van der Waals surface area (Å²) >= 11 is 0. The quantitative estimate of drug-likeness (QED) is 0.785. The van der Waals surface area contributed by atoms with E-state index in [2.05, 4.69) is 5.32 Å². The molecule has 0 saturated carbocycles. The van der Waals surface area contributed by atoms with E-state index in [1.807, 2.05) is 6.92 Å². The topological polar surface area (TPSA) is 78.9 Å². The van der Waals surface area contributed by atoms with Crippen LogP contribution in [0.15, 0.2) is 0 Å². The summed E-state index contributed by atoms with van der Waals surface area (Å²) in [7, 11) is 1.71. The number of carbonyl (C=O) groups excluding carboxylic acids is 1. The third kappa shape index (κ3) is 3.35. The molecule has 1 rings (SSSR count). The molecule has 104 valence electrons. The van der Waals surface area contributed by atoms with Gasteiger partial charge in [0.25, 0.3) is 0 Å². The van der Waals surface area contributed by atoms with Gasteiger partial charge in [-0.05, 0) is 27.2 Å². The predicted octanol–water partition coefficient (Wildman–Crippen LogP) is 0.916. The van der Waals surface area contributed by atoms with Crippen LogP contribution in [-0.2, 0) is 9.53 Å². The Bertz CT molecular complexity index is 330. The first-order valence-electron chi connectivity index (χ1n) is 6.11. The molecule has 0 aromatic rings. The van der Waals surface area contributed by atoms with Crippen molar-refractivity contribution < 1.29 is 19.4 Å². The van der Waals surface area contributed by atoms with Crippen molar-refractivity contribution in [3.63, 3.8) is 0 Å². The Kier molecular flexibility index (Phi) is 4.56. The molecule has 6 heteroatoms. The number of amides is 2. The van der Waals surface area contributed by atoms with Gasteiger partial charge in [0.05, 0.1) is 17.6 Å². The van der Waals surface area contributed by atoms with Crippen LogP contribution in [0.2, 0.25) is 0 Å². The molecule has 0 aromatic carbocycles. The van der Waals surface area contributed by atoms with Gasteiger partial charge in [0, 0.05) is 20.2 Å². The zero-order valence-corrected chi connectivity index (χ0v) is 11.4. The number of carbonyl (C=O) groups is 2. The molecular weight excluding hydrogens is 236 g/mol. The number of urea groups is 1. The number of likely N-dealkylation sites (N-methyl/N-ethyl adjacent to an activating group) is 1. The van der Waals surface area contributed by atoms with Crippen molar-refractivity contribution in [1.29, 1.82) is 0 Å². The molecule has 2 N–H and O–H groups in total. The van der Waals surface area contributed by atoms with Crippen LogP contribution in [0.4, 0.5) is 4.79 Å². The highest BCUT2D eigenvalue weighted by Crippen LogP contribution is 2.18. The summed E-state index contributed by atoms with van der Waals surface area (Å²) in [6.45, 7) is 5.86. The number of ether oxygens (including phenoxy) is 1. The maximum absolute atomic E-state index is 11.9. The molecule has 0 aromatic heterocycles. The van der Waals surface area contributed by atoms with E-state index < -0.39 is 11.4 Å². The Morgan fingerprint density at radius 3 is 2.56 bits per heavy atom. The average Bonchev–Trinajstić information content (AvgIpc) is 2.71. The summed E-state index contributed by atoms with van der Waals surface area (Å²) in [6.07, 6.45) is 0.834. The van der Waals surface area contributed by atoms with E-state index in [1.165, 1.54) is 0 Å². The van der Waals surface area contributed by atoms with E-state index in [9.17, 15) is 9.59 Å². The number of nitrogens with zero attached hydrogens (tertiary/aromatic N) is 1. The minimum absolute atomic E-state index is 0.0215. The second-order valence-corrected chi connectivity index (χ2v) is 5.39. The SMILES string of the molecule is CC1OCCC1N(C)C(=O)NCC(C)(C)C(=O)O. The van der Waals surface area contributed by atoms with Crippen molar-refractivity contribution in [1.82, 2.24) is 10.2 Å². The highest BCUT2D eigenvalue weighted by atomic mass is 16.5. The number of hydrogen-bond donors (Lipinski definition) is 2. The van der Waals surface area contributed by atoms with Gasteiger partial charge in [-0.3, -0.25) is 4.79 Å². The molecule has 2 unspecified atom stereocenters. The van der Waals surface area contributed by atoms with Crippen LogP contribution < -0.4 is 5.32 Å². The smallest absolute Gasteiger partial charge is 0.317 e. The van der Waals surface area contributed by atoms with Crippen LogP contribution in [0.3, 0.4) is 0 Å². The molecule has 1 saturated heterocycles. The fraction of sp³-hybridized carbons (Fsp3) is 0.833. The summed E-state index contributed by atoms with van der Waals surface area (Å²) in [5, 5.41) is 11.6. The third-order valence-electron chi connectivity index (χ3n) is 3.41. The van der Waals surface area contributed by atoms with E-state index in [4.69, 9.17) is 9.84 Å². The summed E-state index contributed by atoms with van der Waals surface area (Å²) < 4.78 is 5.40. The Balaban J connectivity index is 2.48. The second kappa shape index (κ2) is 5.56. The lowest BCUT2D eigenvalue weighted by Gasteiger charge is -2.28. The lowest BCUT2D eigenvalue weighted by molar-refractivity contribution is -0.146. The lowest BCUT2D eigenvalue weighted by Crippen LogP contribution is -2.49. The number of rotatable bonds is 4. The number of nitrogens with one attached hydrogen (secondary N) is 1. The fourth-order valence-corrected chi connectivity index (χ4v) is 1.88. The van der Waals surface area contributed by atoms with Crippen molar-refractivity contribution in [2.75, 3.05) is 20.2 Å². The van der Waals surface area contributed by atoms with Crippen LogP contribution >= 0.6 is 0 Å². The van der Waals surface area contributed by atoms with Crippen LogP contribution in [0.25, 0.3) is 0 Å². The van der Waals surface area contributed by atoms with Gasteiger partial charge in [0.1, 0.15) is 0 Å². The summed E-state index contributed by atoms with van der Waals surface area (Å²) in [4.78, 5) is 24.4. The zero-order valence-electron chi connectivity index (χ0n) is 11.4. The zero-order chi connectivity index (χ0) is 13.9. The highest BCUT2D eigenvalue weighted by Gasteiger charge is 2.32. The number of carboxylic acid groups (broad SMARTS) is 1. The van der Waals surface area contributed by atoms with E-state index >= 15 is 0 Å². The van der Waals surface area contributed by atoms with Crippen molar-refractivity contribution in [2.24, 2.45) is 5.41 Å². The molecule has 18 heavy (non-hydrogen) atoms. The van der Waals surface area contributed by atoms with Gasteiger partial charge in [-0.2, -0.15) is 0 Å². The largest absolute Gasteiger partial charge is 0.481 e. The molecule has 2 atom stereocenters. The third-order valence-corrected chi connectivity index (χ3v) is 3.41. The minimum atomic E-state index is -0.964. The van der Waals surface area contributed by atoms with Crippen molar-refractivity contribution >= 4 is 12.0 Å². The van der Waals surface area contributed by atoms with Crippen LogP contribution in [0.1, 0.15) is 27.2 Å². The summed E-state index contributed by atoms with van der Waals surface area (Å²) in [5.41, 5.74) is -0.964. The van der Waals surface area contributed by atoms with Crippen LogP contribution in [0, 0.1) is 5.41 Å². The van der Waals surface area contributed by atoms with Crippen LogP contribution in [0.5, 0.6) is 0 Å². The van der Waals surface area contributed by atoms with Crippen molar-refractivity contribution in [3.05, 3.63) is 0 Å². The molecule has 2 amide bonds. The maximum Gasteiger partial charge on any atom is 0.317 e. The van der Waals surface area contributed by atoms with Gasteiger partial charge in [-0.1, -0.05) is 0 Å². The fourth-order valence-electron chi connectivity index (χ4n) is 1.88. The molecular formula is C12H22N2O4. The molecule has 0 spiro atoms. The van der Waals surface area contributed by atoms with Crippen LogP contribution in [-0.4, -0.2) is 54.4 Å². The minimum Gasteiger partial charge on any atom is -0.481 e. The van der Waals surface area contributed by atoms with Crippen molar-refractivity contribution in [2.45, 2.75) is 39.3 Å². The van der Waals surface area contributed by atoms with E-state index in [-0.39, 0.29) is 24.7 Å². The van der Waals surface area contributed by atoms with E-state index in [0.29, 0.717) is 6.61 Å². The van der Waals surface area contributed by atoms with E-state index in [1.54, 1.807) is 25.8 Å². The first kappa shape index (κ1) is 14.8. The van der Waals surface area contributed by atoms with Crippen molar-refractivity contribution in [3.8, 4) is 0 Å². The standard InChI is InChI=1S/C12H22N2O4/c1-8-9(5-6-18-8)14(4)11(17)13-7-12(2,3)10(15)16/h8-9H,5-7H2,1-4H3,(H,13,17)(H,15,16). The molecule has 1 heterocycles. The first-order valence-corrected chi connectivity index (χ1v) is 6.11. The summed E-state index contributed by atoms with van der Waals surface area (Å²) in [5.74, 6) is -0.928. The molecule has 0 aliphatic carbocycles.